The Labute approximate surface area is 119 Å². The molecular weight excluding hydrogens is 248 g/mol. The standard InChI is InChI=1S/C18H20S/c1-4-13(5-2)17-12(3)10-11-16-18(17)14-8-6-7-9-15(14)19-16/h6-11,13H,4-5H2,1-3H3. The molecule has 0 saturated heterocycles. The van der Waals surface area contributed by atoms with Gasteiger partial charge in [0.05, 0.1) is 0 Å². The fourth-order valence-corrected chi connectivity index (χ4v) is 4.29. The predicted octanol–water partition coefficient (Wildman–Crippen LogP) is 6.27. The van der Waals surface area contributed by atoms with Crippen LogP contribution < -0.4 is 0 Å². The van der Waals surface area contributed by atoms with Crippen LogP contribution in [0, 0.1) is 6.92 Å². The minimum absolute atomic E-state index is 0.682. The summed E-state index contributed by atoms with van der Waals surface area (Å²) in [7, 11) is 0. The number of hydrogen-bond donors (Lipinski definition) is 0. The SMILES string of the molecule is CCC(CC)c1c(C)ccc2sc3ccccc3c12. The number of thiophene rings is 1. The number of fused-ring (bicyclic) bond motifs is 3. The van der Waals surface area contributed by atoms with Crippen molar-refractivity contribution >= 4 is 31.5 Å². The van der Waals surface area contributed by atoms with Crippen molar-refractivity contribution < 1.29 is 0 Å². The van der Waals surface area contributed by atoms with E-state index in [4.69, 9.17) is 0 Å². The molecule has 0 unspecified atom stereocenters. The van der Waals surface area contributed by atoms with Gasteiger partial charge in [-0.2, -0.15) is 0 Å². The summed E-state index contributed by atoms with van der Waals surface area (Å²) in [6.45, 7) is 6.88. The van der Waals surface area contributed by atoms with Gasteiger partial charge in [-0.3, -0.25) is 0 Å². The quantitative estimate of drug-likeness (QED) is 0.525. The van der Waals surface area contributed by atoms with E-state index in [1.807, 2.05) is 11.3 Å². The highest BCUT2D eigenvalue weighted by atomic mass is 32.1. The summed E-state index contributed by atoms with van der Waals surface area (Å²) >= 11 is 1.92. The number of aryl methyl sites for hydroxylation is 1. The van der Waals surface area contributed by atoms with Crippen molar-refractivity contribution in [2.45, 2.75) is 39.5 Å². The zero-order valence-corrected chi connectivity index (χ0v) is 12.7. The van der Waals surface area contributed by atoms with Crippen LogP contribution in [0.5, 0.6) is 0 Å². The molecule has 0 aliphatic heterocycles. The molecule has 1 heterocycles. The third kappa shape index (κ3) is 1.97. The first-order chi connectivity index (χ1) is 9.26. The van der Waals surface area contributed by atoms with E-state index in [0.29, 0.717) is 5.92 Å². The molecule has 3 aromatic rings. The van der Waals surface area contributed by atoms with Crippen molar-refractivity contribution in [1.82, 2.24) is 0 Å². The van der Waals surface area contributed by atoms with E-state index in [0.717, 1.165) is 0 Å². The maximum absolute atomic E-state index is 2.31. The third-order valence-corrected chi connectivity index (χ3v) is 5.33. The van der Waals surface area contributed by atoms with Crippen LogP contribution >= 0.6 is 11.3 Å². The highest BCUT2D eigenvalue weighted by Gasteiger charge is 2.17. The molecule has 0 N–H and O–H groups in total. The van der Waals surface area contributed by atoms with Crippen LogP contribution in [-0.4, -0.2) is 0 Å². The van der Waals surface area contributed by atoms with Crippen molar-refractivity contribution in [2.75, 3.05) is 0 Å². The summed E-state index contributed by atoms with van der Waals surface area (Å²) < 4.78 is 2.85. The van der Waals surface area contributed by atoms with Crippen LogP contribution in [-0.2, 0) is 0 Å². The number of rotatable bonds is 3. The van der Waals surface area contributed by atoms with Crippen molar-refractivity contribution in [1.29, 1.82) is 0 Å². The molecule has 0 bridgehead atoms. The van der Waals surface area contributed by atoms with E-state index in [9.17, 15) is 0 Å². The lowest BCUT2D eigenvalue weighted by Gasteiger charge is -2.17. The maximum atomic E-state index is 2.31. The highest BCUT2D eigenvalue weighted by Crippen LogP contribution is 2.41. The van der Waals surface area contributed by atoms with E-state index in [1.165, 1.54) is 38.6 Å². The van der Waals surface area contributed by atoms with Crippen molar-refractivity contribution in [3.8, 4) is 0 Å². The van der Waals surface area contributed by atoms with E-state index in [2.05, 4.69) is 57.2 Å². The summed E-state index contributed by atoms with van der Waals surface area (Å²) in [6.07, 6.45) is 2.45. The Morgan fingerprint density at radius 2 is 1.68 bits per heavy atom. The average Bonchev–Trinajstić information content (AvgIpc) is 2.81. The molecule has 0 atom stereocenters. The van der Waals surface area contributed by atoms with Gasteiger partial charge in [-0.15, -0.1) is 11.3 Å². The van der Waals surface area contributed by atoms with Gasteiger partial charge in [0.2, 0.25) is 0 Å². The molecule has 0 saturated carbocycles. The first-order valence-electron chi connectivity index (χ1n) is 7.17. The molecule has 0 nitrogen and oxygen atoms in total. The molecule has 98 valence electrons. The second kappa shape index (κ2) is 4.97. The Bertz CT molecular complexity index is 717. The van der Waals surface area contributed by atoms with Gasteiger partial charge in [0.1, 0.15) is 0 Å². The summed E-state index contributed by atoms with van der Waals surface area (Å²) in [5, 5.41) is 2.95. The Morgan fingerprint density at radius 1 is 0.947 bits per heavy atom. The van der Waals surface area contributed by atoms with Gasteiger partial charge in [-0.05, 0) is 48.9 Å². The highest BCUT2D eigenvalue weighted by molar-refractivity contribution is 7.25. The smallest absolute Gasteiger partial charge is 0.0358 e. The molecule has 1 heteroatoms. The van der Waals surface area contributed by atoms with Crippen molar-refractivity contribution in [2.24, 2.45) is 0 Å². The Hall–Kier alpha value is -1.34. The maximum Gasteiger partial charge on any atom is 0.0358 e. The van der Waals surface area contributed by atoms with Crippen LogP contribution in [0.15, 0.2) is 36.4 Å². The van der Waals surface area contributed by atoms with E-state index >= 15 is 0 Å². The van der Waals surface area contributed by atoms with Gasteiger partial charge >= 0.3 is 0 Å². The summed E-state index contributed by atoms with van der Waals surface area (Å²) in [5.41, 5.74) is 3.03. The minimum Gasteiger partial charge on any atom is -0.135 e. The lowest BCUT2D eigenvalue weighted by atomic mass is 9.87. The molecule has 1 aromatic heterocycles. The van der Waals surface area contributed by atoms with E-state index in [1.54, 1.807) is 5.56 Å². The number of benzene rings is 2. The van der Waals surface area contributed by atoms with Crippen LogP contribution in [0.3, 0.4) is 0 Å². The van der Waals surface area contributed by atoms with Crippen molar-refractivity contribution in [3.63, 3.8) is 0 Å². The second-order valence-electron chi connectivity index (χ2n) is 5.28. The van der Waals surface area contributed by atoms with Gasteiger partial charge in [-0.25, -0.2) is 0 Å². The summed E-state index contributed by atoms with van der Waals surface area (Å²) in [6, 6.07) is 13.4. The average molecular weight is 268 g/mol. The molecule has 0 fully saturated rings. The Kier molecular flexibility index (Phi) is 3.32. The van der Waals surface area contributed by atoms with Gasteiger partial charge in [0.25, 0.3) is 0 Å². The van der Waals surface area contributed by atoms with Crippen molar-refractivity contribution in [3.05, 3.63) is 47.5 Å². The molecule has 0 amide bonds. The number of hydrogen-bond acceptors (Lipinski definition) is 1. The lowest BCUT2D eigenvalue weighted by Crippen LogP contribution is -1.99. The largest absolute Gasteiger partial charge is 0.135 e. The van der Waals surface area contributed by atoms with E-state index < -0.39 is 0 Å². The molecule has 0 aliphatic rings. The zero-order valence-electron chi connectivity index (χ0n) is 11.9. The molecule has 19 heavy (non-hydrogen) atoms. The molecular formula is C18H20S. The van der Waals surface area contributed by atoms with Crippen LogP contribution in [0.25, 0.3) is 20.2 Å². The molecule has 0 radical (unpaired) electrons. The summed E-state index contributed by atoms with van der Waals surface area (Å²) in [4.78, 5) is 0. The van der Waals surface area contributed by atoms with Crippen LogP contribution in [0.2, 0.25) is 0 Å². The zero-order chi connectivity index (χ0) is 13.4. The first-order valence-corrected chi connectivity index (χ1v) is 7.98. The monoisotopic (exact) mass is 268 g/mol. The Morgan fingerprint density at radius 3 is 2.42 bits per heavy atom. The van der Waals surface area contributed by atoms with E-state index in [-0.39, 0.29) is 0 Å². The molecule has 0 spiro atoms. The second-order valence-corrected chi connectivity index (χ2v) is 6.36. The predicted molar refractivity (Wildman–Crippen MR) is 87.4 cm³/mol. The Balaban J connectivity index is 2.43. The van der Waals surface area contributed by atoms with Crippen LogP contribution in [0.1, 0.15) is 43.7 Å². The third-order valence-electron chi connectivity index (χ3n) is 4.20. The molecule has 2 aromatic carbocycles. The normalized spacial score (nSPS) is 11.8. The molecule has 3 rings (SSSR count). The topological polar surface area (TPSA) is 0 Å². The van der Waals surface area contributed by atoms with Crippen LogP contribution in [0.4, 0.5) is 0 Å². The van der Waals surface area contributed by atoms with Gasteiger partial charge < -0.3 is 0 Å². The van der Waals surface area contributed by atoms with Gasteiger partial charge in [0, 0.05) is 20.2 Å². The molecule has 0 aliphatic carbocycles. The van der Waals surface area contributed by atoms with Gasteiger partial charge in [0.15, 0.2) is 0 Å². The fourth-order valence-electron chi connectivity index (χ4n) is 3.17. The fraction of sp³-hybridized carbons (Fsp3) is 0.333. The lowest BCUT2D eigenvalue weighted by molar-refractivity contribution is 0.643. The minimum atomic E-state index is 0.682. The first kappa shape index (κ1) is 12.7. The van der Waals surface area contributed by atoms with Gasteiger partial charge in [-0.1, -0.05) is 38.1 Å². The summed E-state index contributed by atoms with van der Waals surface area (Å²) in [5.74, 6) is 0.682.